The molecule has 0 radical (unpaired) electrons. The molecule has 47 heavy (non-hydrogen) atoms. The van der Waals surface area contributed by atoms with Crippen molar-refractivity contribution in [2.24, 2.45) is 0 Å². The zero-order valence-corrected chi connectivity index (χ0v) is 26.4. The molecule has 0 amide bonds. The van der Waals surface area contributed by atoms with Gasteiger partial charge in [-0.2, -0.15) is 0 Å². The summed E-state index contributed by atoms with van der Waals surface area (Å²) < 4.78 is 56.1. The van der Waals surface area contributed by atoms with Gasteiger partial charge in [0.2, 0.25) is 10.9 Å². The SMILES string of the molecule is CCn1cc(-c2nnc(-c3cn(CC)c4c(F)c(N5CCNC(C)C5)c(F)cc4c3=O)o2)c(=O)c2cc(F)c(N3CCNCC3)cc21. The van der Waals surface area contributed by atoms with E-state index in [9.17, 15) is 9.59 Å². The zero-order valence-electron chi connectivity index (χ0n) is 26.4. The van der Waals surface area contributed by atoms with E-state index in [1.807, 2.05) is 23.3 Å². The number of nitrogens with zero attached hydrogens (tertiary/aromatic N) is 6. The van der Waals surface area contributed by atoms with Gasteiger partial charge in [0, 0.05) is 82.7 Å². The number of hydrogen-bond donors (Lipinski definition) is 2. The predicted molar refractivity (Wildman–Crippen MR) is 175 cm³/mol. The van der Waals surface area contributed by atoms with Crippen molar-refractivity contribution in [2.45, 2.75) is 39.9 Å². The number of pyridine rings is 2. The van der Waals surface area contributed by atoms with Crippen LogP contribution in [0.5, 0.6) is 0 Å². The second kappa shape index (κ2) is 12.2. The number of benzene rings is 2. The Labute approximate surface area is 267 Å². The summed E-state index contributed by atoms with van der Waals surface area (Å²) in [5, 5.41) is 14.6. The van der Waals surface area contributed by atoms with Gasteiger partial charge in [-0.3, -0.25) is 9.59 Å². The van der Waals surface area contributed by atoms with Crippen LogP contribution in [0.3, 0.4) is 0 Å². The number of hydrogen-bond acceptors (Lipinski definition) is 9. The Hall–Kier alpha value is -4.69. The second-order valence-electron chi connectivity index (χ2n) is 12.0. The number of aromatic nitrogens is 4. The molecule has 1 unspecified atom stereocenters. The molecular weight excluding hydrogens is 613 g/mol. The lowest BCUT2D eigenvalue weighted by Crippen LogP contribution is -2.49. The van der Waals surface area contributed by atoms with Crippen LogP contribution in [0.15, 0.2) is 44.6 Å². The van der Waals surface area contributed by atoms with Crippen LogP contribution >= 0.6 is 0 Å². The largest absolute Gasteiger partial charge is 0.416 e. The van der Waals surface area contributed by atoms with Gasteiger partial charge in [0.15, 0.2) is 5.82 Å². The van der Waals surface area contributed by atoms with E-state index in [4.69, 9.17) is 4.42 Å². The standard InChI is InChI=1S/C33H35F3N8O3/c1-4-41-16-21(30(45)19-12-23(34)26(14-25(19)41)43-9-6-37-7-10-43)32-39-40-33(47-32)22-17-42(5-2)28-20(31(22)46)13-24(35)29(27(28)36)44-11-8-38-18(3)15-44/h12-14,16-18,37-38H,4-11,15H2,1-3H3. The Morgan fingerprint density at radius 3 is 2.11 bits per heavy atom. The lowest BCUT2D eigenvalue weighted by molar-refractivity contribution is 0.470. The van der Waals surface area contributed by atoms with E-state index in [0.717, 1.165) is 19.2 Å². The molecule has 0 saturated carbocycles. The highest BCUT2D eigenvalue weighted by Gasteiger charge is 2.28. The molecule has 7 rings (SSSR count). The highest BCUT2D eigenvalue weighted by atomic mass is 19.1. The Morgan fingerprint density at radius 1 is 0.830 bits per heavy atom. The summed E-state index contributed by atoms with van der Waals surface area (Å²) in [6, 6.07) is 4.03. The normalized spacial score (nSPS) is 17.3. The fraction of sp³-hybridized carbons (Fsp3) is 0.394. The summed E-state index contributed by atoms with van der Waals surface area (Å²) in [6.45, 7) is 10.5. The van der Waals surface area contributed by atoms with Crippen molar-refractivity contribution >= 4 is 33.2 Å². The first-order valence-corrected chi connectivity index (χ1v) is 15.9. The smallest absolute Gasteiger partial charge is 0.253 e. The quantitative estimate of drug-likeness (QED) is 0.285. The molecule has 2 aliphatic heterocycles. The van der Waals surface area contributed by atoms with Crippen LogP contribution in [0, 0.1) is 17.5 Å². The third-order valence-electron chi connectivity index (χ3n) is 9.09. The van der Waals surface area contributed by atoms with E-state index in [2.05, 4.69) is 20.8 Å². The van der Waals surface area contributed by atoms with Gasteiger partial charge in [0.05, 0.1) is 22.1 Å². The molecule has 14 heteroatoms. The van der Waals surface area contributed by atoms with Crippen LogP contribution in [0.1, 0.15) is 20.8 Å². The van der Waals surface area contributed by atoms with Gasteiger partial charge in [-0.15, -0.1) is 10.2 Å². The minimum atomic E-state index is -0.837. The molecule has 246 valence electrons. The van der Waals surface area contributed by atoms with E-state index in [1.165, 1.54) is 16.8 Å². The second-order valence-corrected chi connectivity index (χ2v) is 12.0. The van der Waals surface area contributed by atoms with Crippen LogP contribution in [-0.2, 0) is 13.1 Å². The Balaban J connectivity index is 1.32. The van der Waals surface area contributed by atoms with Crippen LogP contribution < -0.4 is 31.3 Å². The van der Waals surface area contributed by atoms with Crippen molar-refractivity contribution in [1.29, 1.82) is 0 Å². The molecule has 0 spiro atoms. The molecular formula is C33H35F3N8O3. The van der Waals surface area contributed by atoms with Crippen LogP contribution in [0.2, 0.25) is 0 Å². The average molecular weight is 649 g/mol. The summed E-state index contributed by atoms with van der Waals surface area (Å²) in [7, 11) is 0. The summed E-state index contributed by atoms with van der Waals surface area (Å²) >= 11 is 0. The van der Waals surface area contributed by atoms with E-state index < -0.39 is 28.3 Å². The molecule has 2 fully saturated rings. The Kier molecular flexibility index (Phi) is 8.00. The van der Waals surface area contributed by atoms with Crippen molar-refractivity contribution < 1.29 is 17.6 Å². The topological polar surface area (TPSA) is 113 Å². The first-order valence-electron chi connectivity index (χ1n) is 15.9. The first-order chi connectivity index (χ1) is 22.7. The fourth-order valence-corrected chi connectivity index (χ4v) is 6.71. The molecule has 5 aromatic rings. The molecule has 1 atom stereocenters. The van der Waals surface area contributed by atoms with Gasteiger partial charge < -0.3 is 34.0 Å². The van der Waals surface area contributed by atoms with E-state index in [-0.39, 0.29) is 57.5 Å². The molecule has 11 nitrogen and oxygen atoms in total. The minimum Gasteiger partial charge on any atom is -0.416 e. The Morgan fingerprint density at radius 2 is 1.45 bits per heavy atom. The summed E-state index contributed by atoms with van der Waals surface area (Å²) in [5.41, 5.74) is -0.417. The number of fused-ring (bicyclic) bond motifs is 2. The number of halogens is 3. The number of nitrogens with one attached hydrogen (secondary N) is 2. The van der Waals surface area contributed by atoms with Crippen LogP contribution in [0.25, 0.3) is 44.7 Å². The average Bonchev–Trinajstić information content (AvgIpc) is 3.56. The molecule has 2 aliphatic rings. The number of rotatable bonds is 6. The third-order valence-corrected chi connectivity index (χ3v) is 9.09. The predicted octanol–water partition coefficient (Wildman–Crippen LogP) is 3.70. The monoisotopic (exact) mass is 648 g/mol. The number of aryl methyl sites for hydroxylation is 2. The van der Waals surface area contributed by atoms with Gasteiger partial charge in [-0.05, 0) is 39.0 Å². The number of anilines is 2. The van der Waals surface area contributed by atoms with Crippen molar-refractivity contribution in [3.8, 4) is 22.9 Å². The number of piperazine rings is 2. The molecule has 5 heterocycles. The minimum absolute atomic E-state index is 0.0221. The highest BCUT2D eigenvalue weighted by Crippen LogP contribution is 2.33. The molecule has 0 aliphatic carbocycles. The van der Waals surface area contributed by atoms with Crippen molar-refractivity contribution in [3.05, 3.63) is 68.5 Å². The van der Waals surface area contributed by atoms with Gasteiger partial charge in [-0.1, -0.05) is 0 Å². The van der Waals surface area contributed by atoms with Crippen LogP contribution in [0.4, 0.5) is 24.5 Å². The maximum atomic E-state index is 16.0. The zero-order chi connectivity index (χ0) is 33.0. The maximum Gasteiger partial charge on any atom is 0.253 e. The van der Waals surface area contributed by atoms with Gasteiger partial charge >= 0.3 is 0 Å². The molecule has 3 aromatic heterocycles. The summed E-state index contributed by atoms with van der Waals surface area (Å²) in [4.78, 5) is 31.0. The van der Waals surface area contributed by atoms with Crippen molar-refractivity contribution in [3.63, 3.8) is 0 Å². The van der Waals surface area contributed by atoms with Gasteiger partial charge in [0.25, 0.3) is 11.8 Å². The van der Waals surface area contributed by atoms with Gasteiger partial charge in [-0.25, -0.2) is 13.2 Å². The van der Waals surface area contributed by atoms with Gasteiger partial charge in [0.1, 0.15) is 28.4 Å². The Bertz CT molecular complexity index is 2140. The summed E-state index contributed by atoms with van der Waals surface area (Å²) in [6.07, 6.45) is 2.99. The lowest BCUT2D eigenvalue weighted by atomic mass is 10.1. The molecule has 2 aromatic carbocycles. The highest BCUT2D eigenvalue weighted by molar-refractivity contribution is 5.88. The van der Waals surface area contributed by atoms with E-state index >= 15 is 13.2 Å². The van der Waals surface area contributed by atoms with E-state index in [1.54, 1.807) is 24.1 Å². The maximum absolute atomic E-state index is 16.0. The van der Waals surface area contributed by atoms with E-state index in [0.29, 0.717) is 50.5 Å². The summed E-state index contributed by atoms with van der Waals surface area (Å²) in [5.74, 6) is -2.53. The molecule has 0 bridgehead atoms. The molecule has 2 saturated heterocycles. The lowest BCUT2D eigenvalue weighted by Gasteiger charge is -2.34. The third kappa shape index (κ3) is 5.25. The fourth-order valence-electron chi connectivity index (χ4n) is 6.71. The van der Waals surface area contributed by atoms with Crippen molar-refractivity contribution in [1.82, 2.24) is 30.0 Å². The van der Waals surface area contributed by atoms with Crippen LogP contribution in [-0.4, -0.2) is 71.2 Å². The molecule has 2 N–H and O–H groups in total. The van der Waals surface area contributed by atoms with Crippen molar-refractivity contribution in [2.75, 3.05) is 55.6 Å². The first kappa shape index (κ1) is 30.9.